The smallest absolute Gasteiger partial charge is 0.325 e. The van der Waals surface area contributed by atoms with Crippen molar-refractivity contribution in [2.45, 2.75) is 12.4 Å². The standard InChI is InChI=1S/C17H13ClF6N2O3S/c1-30(28,29)26(12-5-6-14(18)13(8-12)17(22,23)24)9-15(27)25-11-4-2-3-10(7-11)16(19,20)21/h2-8H,9H2,1H3,(H,25,27). The quantitative estimate of drug-likeness (QED) is 0.634. The molecule has 0 heterocycles. The third-order valence-corrected chi connectivity index (χ3v) is 5.17. The van der Waals surface area contributed by atoms with Gasteiger partial charge in [0.25, 0.3) is 0 Å². The molecular weight excluding hydrogens is 462 g/mol. The van der Waals surface area contributed by atoms with Crippen LogP contribution in [0.15, 0.2) is 42.5 Å². The van der Waals surface area contributed by atoms with Gasteiger partial charge in [-0.3, -0.25) is 9.10 Å². The Bertz CT molecular complexity index is 1050. The number of nitrogens with one attached hydrogen (secondary N) is 1. The van der Waals surface area contributed by atoms with Gasteiger partial charge in [0.05, 0.1) is 28.1 Å². The Morgan fingerprint density at radius 3 is 2.20 bits per heavy atom. The largest absolute Gasteiger partial charge is 0.417 e. The number of anilines is 2. The number of hydrogen-bond donors (Lipinski definition) is 1. The first-order chi connectivity index (χ1) is 13.6. The number of benzene rings is 2. The predicted molar refractivity (Wildman–Crippen MR) is 98.7 cm³/mol. The van der Waals surface area contributed by atoms with E-state index in [1.807, 2.05) is 0 Å². The maximum absolute atomic E-state index is 13.0. The molecule has 0 aliphatic rings. The first-order valence-corrected chi connectivity index (χ1v) is 10.1. The SMILES string of the molecule is CS(=O)(=O)N(CC(=O)Nc1cccc(C(F)(F)F)c1)c1ccc(Cl)c(C(F)(F)F)c1. The van der Waals surface area contributed by atoms with Crippen molar-refractivity contribution in [3.8, 4) is 0 Å². The van der Waals surface area contributed by atoms with E-state index in [0.29, 0.717) is 22.7 Å². The maximum atomic E-state index is 13.0. The molecule has 2 rings (SSSR count). The van der Waals surface area contributed by atoms with Gasteiger partial charge in [-0.05, 0) is 36.4 Å². The summed E-state index contributed by atoms with van der Waals surface area (Å²) in [5.41, 5.74) is -3.12. The molecule has 164 valence electrons. The molecule has 1 amide bonds. The molecule has 0 spiro atoms. The molecule has 2 aromatic rings. The Balaban J connectivity index is 2.32. The van der Waals surface area contributed by atoms with Crippen LogP contribution < -0.4 is 9.62 Å². The summed E-state index contributed by atoms with van der Waals surface area (Å²) >= 11 is 5.51. The number of carbonyl (C=O) groups is 1. The van der Waals surface area contributed by atoms with Crippen LogP contribution in [-0.4, -0.2) is 27.1 Å². The average Bonchev–Trinajstić information content (AvgIpc) is 2.58. The molecule has 0 unspecified atom stereocenters. The summed E-state index contributed by atoms with van der Waals surface area (Å²) in [6.45, 7) is -0.978. The molecule has 0 aliphatic carbocycles. The highest BCUT2D eigenvalue weighted by atomic mass is 35.5. The Hall–Kier alpha value is -2.47. The van der Waals surface area contributed by atoms with E-state index in [2.05, 4.69) is 5.32 Å². The molecule has 0 saturated heterocycles. The maximum Gasteiger partial charge on any atom is 0.417 e. The topological polar surface area (TPSA) is 66.5 Å². The molecule has 1 N–H and O–H groups in total. The van der Waals surface area contributed by atoms with Gasteiger partial charge >= 0.3 is 12.4 Å². The van der Waals surface area contributed by atoms with Crippen molar-refractivity contribution in [2.24, 2.45) is 0 Å². The summed E-state index contributed by atoms with van der Waals surface area (Å²) in [7, 11) is -4.23. The minimum atomic E-state index is -4.88. The third kappa shape index (κ3) is 6.02. The van der Waals surface area contributed by atoms with Gasteiger partial charge < -0.3 is 5.32 Å². The molecule has 13 heteroatoms. The van der Waals surface area contributed by atoms with E-state index in [4.69, 9.17) is 11.6 Å². The van der Waals surface area contributed by atoms with Crippen LogP contribution in [0.25, 0.3) is 0 Å². The van der Waals surface area contributed by atoms with Gasteiger partial charge in [-0.1, -0.05) is 17.7 Å². The summed E-state index contributed by atoms with van der Waals surface area (Å²) in [5, 5.41) is 1.42. The molecule has 0 radical (unpaired) electrons. The van der Waals surface area contributed by atoms with Gasteiger partial charge in [0.2, 0.25) is 15.9 Å². The highest BCUT2D eigenvalue weighted by Crippen LogP contribution is 2.37. The molecule has 0 fully saturated rings. The van der Waals surface area contributed by atoms with Gasteiger partial charge in [0.15, 0.2) is 0 Å². The lowest BCUT2D eigenvalue weighted by atomic mass is 10.2. The van der Waals surface area contributed by atoms with Crippen molar-refractivity contribution in [1.29, 1.82) is 0 Å². The Labute approximate surface area is 172 Å². The Morgan fingerprint density at radius 1 is 1.03 bits per heavy atom. The van der Waals surface area contributed by atoms with Crippen molar-refractivity contribution in [1.82, 2.24) is 0 Å². The zero-order valence-corrected chi connectivity index (χ0v) is 16.5. The molecule has 0 aromatic heterocycles. The molecule has 30 heavy (non-hydrogen) atoms. The van der Waals surface area contributed by atoms with Crippen LogP contribution in [-0.2, 0) is 27.2 Å². The number of nitrogens with zero attached hydrogens (tertiary/aromatic N) is 1. The molecule has 0 bridgehead atoms. The summed E-state index contributed by atoms with van der Waals surface area (Å²) in [6, 6.07) is 5.82. The van der Waals surface area contributed by atoms with Crippen LogP contribution in [0.1, 0.15) is 11.1 Å². The van der Waals surface area contributed by atoms with Crippen LogP contribution in [0.2, 0.25) is 5.02 Å². The van der Waals surface area contributed by atoms with Crippen LogP contribution in [0.3, 0.4) is 0 Å². The molecule has 2 aromatic carbocycles. The Morgan fingerprint density at radius 2 is 1.67 bits per heavy atom. The van der Waals surface area contributed by atoms with E-state index in [0.717, 1.165) is 30.3 Å². The first-order valence-electron chi connectivity index (χ1n) is 7.90. The van der Waals surface area contributed by atoms with Crippen LogP contribution in [0, 0.1) is 0 Å². The highest BCUT2D eigenvalue weighted by Gasteiger charge is 2.35. The molecular formula is C17H13ClF6N2O3S. The zero-order chi connectivity index (χ0) is 22.9. The summed E-state index contributed by atoms with van der Waals surface area (Å²) < 4.78 is 102. The van der Waals surface area contributed by atoms with Gasteiger partial charge in [-0.2, -0.15) is 26.3 Å². The number of amides is 1. The van der Waals surface area contributed by atoms with Gasteiger partial charge in [-0.25, -0.2) is 8.42 Å². The van der Waals surface area contributed by atoms with Crippen molar-refractivity contribution in [3.63, 3.8) is 0 Å². The minimum Gasteiger partial charge on any atom is -0.325 e. The Kier molecular flexibility index (Phi) is 6.62. The summed E-state index contributed by atoms with van der Waals surface area (Å²) in [5.74, 6) is -1.07. The zero-order valence-electron chi connectivity index (χ0n) is 15.0. The highest BCUT2D eigenvalue weighted by molar-refractivity contribution is 7.92. The third-order valence-electron chi connectivity index (χ3n) is 3.70. The number of hydrogen-bond acceptors (Lipinski definition) is 3. The van der Waals surface area contributed by atoms with Gasteiger partial charge in [0.1, 0.15) is 6.54 Å². The van der Waals surface area contributed by atoms with Crippen molar-refractivity contribution >= 4 is 38.9 Å². The van der Waals surface area contributed by atoms with E-state index in [1.54, 1.807) is 0 Å². The fraction of sp³-hybridized carbons (Fsp3) is 0.235. The fourth-order valence-electron chi connectivity index (χ4n) is 2.39. The number of halogens is 7. The normalized spacial score (nSPS) is 12.5. The van der Waals surface area contributed by atoms with E-state index in [1.165, 1.54) is 0 Å². The molecule has 5 nitrogen and oxygen atoms in total. The molecule has 0 saturated carbocycles. The first kappa shape index (κ1) is 23.8. The monoisotopic (exact) mass is 474 g/mol. The van der Waals surface area contributed by atoms with E-state index < -0.39 is 56.7 Å². The van der Waals surface area contributed by atoms with Crippen molar-refractivity contribution in [3.05, 3.63) is 58.6 Å². The van der Waals surface area contributed by atoms with E-state index in [9.17, 15) is 39.6 Å². The van der Waals surface area contributed by atoms with Crippen molar-refractivity contribution < 1.29 is 39.6 Å². The lowest BCUT2D eigenvalue weighted by Crippen LogP contribution is -2.37. The van der Waals surface area contributed by atoms with Gasteiger partial charge in [0, 0.05) is 5.69 Å². The average molecular weight is 475 g/mol. The lowest BCUT2D eigenvalue weighted by Gasteiger charge is -2.23. The van der Waals surface area contributed by atoms with E-state index in [-0.39, 0.29) is 5.69 Å². The number of alkyl halides is 6. The number of rotatable bonds is 5. The predicted octanol–water partition coefficient (Wildman–Crippen LogP) is 4.78. The van der Waals surface area contributed by atoms with Crippen LogP contribution >= 0.6 is 11.6 Å². The van der Waals surface area contributed by atoms with Crippen molar-refractivity contribution in [2.75, 3.05) is 22.4 Å². The summed E-state index contributed by atoms with van der Waals surface area (Å²) in [6.07, 6.45) is -8.89. The molecule has 0 aliphatic heterocycles. The second-order valence-electron chi connectivity index (χ2n) is 6.06. The van der Waals surface area contributed by atoms with Crippen LogP contribution in [0.4, 0.5) is 37.7 Å². The van der Waals surface area contributed by atoms with Crippen LogP contribution in [0.5, 0.6) is 0 Å². The lowest BCUT2D eigenvalue weighted by molar-refractivity contribution is -0.138. The fourth-order valence-corrected chi connectivity index (χ4v) is 3.46. The number of sulfonamides is 1. The second-order valence-corrected chi connectivity index (χ2v) is 8.37. The van der Waals surface area contributed by atoms with E-state index >= 15 is 0 Å². The molecule has 0 atom stereocenters. The number of carbonyl (C=O) groups excluding carboxylic acids is 1. The summed E-state index contributed by atoms with van der Waals surface area (Å²) in [4.78, 5) is 12.2. The second kappa shape index (κ2) is 8.34. The minimum absolute atomic E-state index is 0.268. The van der Waals surface area contributed by atoms with Gasteiger partial charge in [-0.15, -0.1) is 0 Å².